The van der Waals surface area contributed by atoms with Crippen LogP contribution in [0.1, 0.15) is 18.0 Å². The molecule has 0 radical (unpaired) electrons. The first-order chi connectivity index (χ1) is 6.16. The third-order valence-corrected chi connectivity index (χ3v) is 1.90. The van der Waals surface area contributed by atoms with Crippen LogP contribution in [0, 0.1) is 5.82 Å². The molecule has 0 spiro atoms. The van der Waals surface area contributed by atoms with E-state index in [1.54, 1.807) is 6.07 Å². The molecule has 0 fully saturated rings. The van der Waals surface area contributed by atoms with Crippen LogP contribution in [0.2, 0.25) is 0 Å². The van der Waals surface area contributed by atoms with Gasteiger partial charge >= 0.3 is 0 Å². The van der Waals surface area contributed by atoms with Crippen molar-refractivity contribution in [3.63, 3.8) is 0 Å². The Labute approximate surface area is 76.2 Å². The number of hydrogen-bond donors (Lipinski definition) is 3. The standard InChI is InChI=1S/C9H13FN2O/c10-7-3-1-2-6(9(7)13)8(12)4-5-11/h1-3,8,13H,4-5,11-12H2/t8-/m1/s1. The Hall–Kier alpha value is -1.13. The van der Waals surface area contributed by atoms with Crippen molar-refractivity contribution in [2.75, 3.05) is 6.54 Å². The topological polar surface area (TPSA) is 72.3 Å². The lowest BCUT2D eigenvalue weighted by Crippen LogP contribution is -2.15. The second-order valence-electron chi connectivity index (χ2n) is 2.86. The number of phenolic OH excluding ortho intramolecular Hbond substituents is 1. The summed E-state index contributed by atoms with van der Waals surface area (Å²) in [4.78, 5) is 0. The van der Waals surface area contributed by atoms with Gasteiger partial charge in [0.05, 0.1) is 0 Å². The van der Waals surface area contributed by atoms with Gasteiger partial charge in [-0.15, -0.1) is 0 Å². The molecule has 0 unspecified atom stereocenters. The molecule has 1 aromatic rings. The fourth-order valence-electron chi connectivity index (χ4n) is 1.17. The summed E-state index contributed by atoms with van der Waals surface area (Å²) >= 11 is 0. The molecule has 0 aromatic heterocycles. The van der Waals surface area contributed by atoms with Gasteiger partial charge in [-0.25, -0.2) is 4.39 Å². The summed E-state index contributed by atoms with van der Waals surface area (Å²) in [5, 5.41) is 9.30. The van der Waals surface area contributed by atoms with E-state index in [4.69, 9.17) is 11.5 Å². The predicted molar refractivity (Wildman–Crippen MR) is 48.7 cm³/mol. The summed E-state index contributed by atoms with van der Waals surface area (Å²) in [6.45, 7) is 0.414. The molecule has 0 bridgehead atoms. The van der Waals surface area contributed by atoms with E-state index in [9.17, 15) is 9.50 Å². The van der Waals surface area contributed by atoms with Crippen molar-refractivity contribution in [2.24, 2.45) is 11.5 Å². The van der Waals surface area contributed by atoms with Gasteiger partial charge in [0.2, 0.25) is 0 Å². The molecule has 1 rings (SSSR count). The van der Waals surface area contributed by atoms with Crippen LogP contribution in [0.25, 0.3) is 0 Å². The van der Waals surface area contributed by atoms with Gasteiger partial charge in [0.15, 0.2) is 11.6 Å². The Bertz CT molecular complexity index is 291. The molecular formula is C9H13FN2O. The first-order valence-corrected chi connectivity index (χ1v) is 4.10. The molecule has 0 heterocycles. The van der Waals surface area contributed by atoms with E-state index in [0.717, 1.165) is 0 Å². The first-order valence-electron chi connectivity index (χ1n) is 4.10. The summed E-state index contributed by atoms with van der Waals surface area (Å²) < 4.78 is 12.8. The third-order valence-electron chi connectivity index (χ3n) is 1.90. The Kier molecular flexibility index (Phi) is 3.22. The van der Waals surface area contributed by atoms with Crippen molar-refractivity contribution >= 4 is 0 Å². The normalized spacial score (nSPS) is 12.8. The molecule has 1 aromatic carbocycles. The van der Waals surface area contributed by atoms with Gasteiger partial charge < -0.3 is 16.6 Å². The number of para-hydroxylation sites is 1. The van der Waals surface area contributed by atoms with E-state index < -0.39 is 11.9 Å². The van der Waals surface area contributed by atoms with Gasteiger partial charge in [-0.05, 0) is 19.0 Å². The van der Waals surface area contributed by atoms with Crippen molar-refractivity contribution in [3.05, 3.63) is 29.6 Å². The summed E-state index contributed by atoms with van der Waals surface area (Å²) in [7, 11) is 0. The Morgan fingerprint density at radius 2 is 2.15 bits per heavy atom. The fraction of sp³-hybridized carbons (Fsp3) is 0.333. The van der Waals surface area contributed by atoms with Crippen LogP contribution in [-0.2, 0) is 0 Å². The molecule has 0 saturated carbocycles. The van der Waals surface area contributed by atoms with E-state index in [0.29, 0.717) is 18.5 Å². The monoisotopic (exact) mass is 184 g/mol. The molecular weight excluding hydrogens is 171 g/mol. The number of phenols is 1. The van der Waals surface area contributed by atoms with E-state index in [2.05, 4.69) is 0 Å². The van der Waals surface area contributed by atoms with E-state index in [1.807, 2.05) is 0 Å². The van der Waals surface area contributed by atoms with Crippen molar-refractivity contribution < 1.29 is 9.50 Å². The van der Waals surface area contributed by atoms with Crippen LogP contribution in [0.15, 0.2) is 18.2 Å². The summed E-state index contributed by atoms with van der Waals surface area (Å²) in [5.74, 6) is -1.02. The van der Waals surface area contributed by atoms with E-state index >= 15 is 0 Å². The molecule has 0 aliphatic carbocycles. The number of aromatic hydroxyl groups is 1. The molecule has 3 nitrogen and oxygen atoms in total. The summed E-state index contributed by atoms with van der Waals surface area (Å²) in [6.07, 6.45) is 0.525. The van der Waals surface area contributed by atoms with Crippen LogP contribution < -0.4 is 11.5 Å². The zero-order valence-corrected chi connectivity index (χ0v) is 7.20. The minimum atomic E-state index is -0.648. The van der Waals surface area contributed by atoms with Crippen molar-refractivity contribution in [1.82, 2.24) is 0 Å². The van der Waals surface area contributed by atoms with Gasteiger partial charge in [0.1, 0.15) is 0 Å². The molecule has 5 N–H and O–H groups in total. The van der Waals surface area contributed by atoms with Crippen molar-refractivity contribution in [2.45, 2.75) is 12.5 Å². The first kappa shape index (κ1) is 9.95. The number of halogens is 1. The zero-order chi connectivity index (χ0) is 9.84. The van der Waals surface area contributed by atoms with Crippen LogP contribution >= 0.6 is 0 Å². The van der Waals surface area contributed by atoms with Gasteiger partial charge in [-0.1, -0.05) is 12.1 Å². The number of rotatable bonds is 3. The highest BCUT2D eigenvalue weighted by Gasteiger charge is 2.12. The molecule has 0 aliphatic rings. The van der Waals surface area contributed by atoms with Crippen LogP contribution in [0.3, 0.4) is 0 Å². The van der Waals surface area contributed by atoms with Crippen LogP contribution in [-0.4, -0.2) is 11.7 Å². The van der Waals surface area contributed by atoms with Gasteiger partial charge in [0.25, 0.3) is 0 Å². The molecule has 4 heteroatoms. The van der Waals surface area contributed by atoms with Gasteiger partial charge in [-0.3, -0.25) is 0 Å². The average molecular weight is 184 g/mol. The Balaban J connectivity index is 2.93. The molecule has 1 atom stereocenters. The number of benzene rings is 1. The largest absolute Gasteiger partial charge is 0.505 e. The van der Waals surface area contributed by atoms with Crippen LogP contribution in [0.5, 0.6) is 5.75 Å². The second-order valence-corrected chi connectivity index (χ2v) is 2.86. The van der Waals surface area contributed by atoms with Gasteiger partial charge in [-0.2, -0.15) is 0 Å². The van der Waals surface area contributed by atoms with Gasteiger partial charge in [0, 0.05) is 11.6 Å². The maximum atomic E-state index is 12.8. The Morgan fingerprint density at radius 3 is 2.77 bits per heavy atom. The number of hydrogen-bond acceptors (Lipinski definition) is 3. The summed E-state index contributed by atoms with van der Waals surface area (Å²) in [5.41, 5.74) is 11.4. The molecule has 0 saturated heterocycles. The fourth-order valence-corrected chi connectivity index (χ4v) is 1.17. The van der Waals surface area contributed by atoms with Crippen molar-refractivity contribution in [3.8, 4) is 5.75 Å². The SMILES string of the molecule is NCC[C@@H](N)c1cccc(F)c1O. The minimum absolute atomic E-state index is 0.372. The average Bonchev–Trinajstić information content (AvgIpc) is 2.10. The lowest BCUT2D eigenvalue weighted by molar-refractivity contribution is 0.419. The highest BCUT2D eigenvalue weighted by atomic mass is 19.1. The lowest BCUT2D eigenvalue weighted by Gasteiger charge is -2.12. The lowest BCUT2D eigenvalue weighted by atomic mass is 10.0. The minimum Gasteiger partial charge on any atom is -0.505 e. The smallest absolute Gasteiger partial charge is 0.165 e. The van der Waals surface area contributed by atoms with Crippen molar-refractivity contribution in [1.29, 1.82) is 0 Å². The maximum absolute atomic E-state index is 12.8. The second kappa shape index (κ2) is 4.20. The highest BCUT2D eigenvalue weighted by molar-refractivity contribution is 5.35. The maximum Gasteiger partial charge on any atom is 0.165 e. The molecule has 0 aliphatic heterocycles. The van der Waals surface area contributed by atoms with Crippen LogP contribution in [0.4, 0.5) is 4.39 Å². The number of nitrogens with two attached hydrogens (primary N) is 2. The Morgan fingerprint density at radius 1 is 1.46 bits per heavy atom. The zero-order valence-electron chi connectivity index (χ0n) is 7.20. The molecule has 72 valence electrons. The molecule has 0 amide bonds. The van der Waals surface area contributed by atoms with E-state index in [-0.39, 0.29) is 5.75 Å². The molecule has 13 heavy (non-hydrogen) atoms. The predicted octanol–water partition coefficient (Wildman–Crippen LogP) is 0.880. The highest BCUT2D eigenvalue weighted by Crippen LogP contribution is 2.26. The summed E-state index contributed by atoms with van der Waals surface area (Å²) in [6, 6.07) is 3.90. The quantitative estimate of drug-likeness (QED) is 0.653. The van der Waals surface area contributed by atoms with E-state index in [1.165, 1.54) is 12.1 Å². The third kappa shape index (κ3) is 2.17.